The van der Waals surface area contributed by atoms with Crippen LogP contribution in [-0.4, -0.2) is 69.3 Å². The van der Waals surface area contributed by atoms with Gasteiger partial charge in [-0.3, -0.25) is 9.80 Å². The van der Waals surface area contributed by atoms with Gasteiger partial charge in [0.1, 0.15) is 17.3 Å². The van der Waals surface area contributed by atoms with Crippen LogP contribution in [-0.2, 0) is 6.54 Å². The van der Waals surface area contributed by atoms with E-state index in [1.165, 1.54) is 30.7 Å². The third-order valence-electron chi connectivity index (χ3n) is 6.38. The number of para-hydroxylation sites is 2. The van der Waals surface area contributed by atoms with Crippen LogP contribution < -0.4 is 14.4 Å². The highest BCUT2D eigenvalue weighted by Gasteiger charge is 2.29. The van der Waals surface area contributed by atoms with Gasteiger partial charge in [-0.15, -0.1) is 0 Å². The molecule has 0 radical (unpaired) electrons. The molecule has 30 heavy (non-hydrogen) atoms. The van der Waals surface area contributed by atoms with Crippen LogP contribution in [0.2, 0.25) is 0 Å². The van der Waals surface area contributed by atoms with Crippen LogP contribution in [0.25, 0.3) is 0 Å². The molecule has 0 N–H and O–H groups in total. The lowest BCUT2D eigenvalue weighted by Crippen LogP contribution is -2.55. The molecule has 2 heterocycles. The molecular weight excluding hydrogens is 381 g/mol. The lowest BCUT2D eigenvalue weighted by Gasteiger charge is -2.44. The second kappa shape index (κ2) is 9.67. The van der Waals surface area contributed by atoms with E-state index in [2.05, 4.69) is 26.8 Å². The molecule has 1 atom stereocenters. The number of methoxy groups -OCH3 is 2. The summed E-state index contributed by atoms with van der Waals surface area (Å²) in [5, 5.41) is 0. The predicted octanol–water partition coefficient (Wildman–Crippen LogP) is 3.63. The zero-order valence-electron chi connectivity index (χ0n) is 18.0. The van der Waals surface area contributed by atoms with Crippen molar-refractivity contribution in [3.8, 4) is 11.5 Å². The fourth-order valence-corrected chi connectivity index (χ4v) is 4.78. The molecule has 2 saturated heterocycles. The number of piperidine rings is 1. The number of benzene rings is 2. The van der Waals surface area contributed by atoms with Gasteiger partial charge in [0.15, 0.2) is 0 Å². The lowest BCUT2D eigenvalue weighted by atomic mass is 10.0. The second-order valence-corrected chi connectivity index (χ2v) is 8.18. The number of likely N-dealkylation sites (tertiary alicyclic amines) is 1. The summed E-state index contributed by atoms with van der Waals surface area (Å²) in [5.74, 6) is 1.34. The number of hydrogen-bond acceptors (Lipinski definition) is 5. The van der Waals surface area contributed by atoms with Crippen molar-refractivity contribution in [2.75, 3.05) is 58.4 Å². The molecule has 0 aromatic heterocycles. The van der Waals surface area contributed by atoms with Gasteiger partial charge < -0.3 is 14.4 Å². The van der Waals surface area contributed by atoms with Gasteiger partial charge in [0.25, 0.3) is 0 Å². The Balaban J connectivity index is 1.34. The molecular formula is C24H32FN3O2. The first-order valence-corrected chi connectivity index (χ1v) is 10.8. The zero-order valence-corrected chi connectivity index (χ0v) is 18.0. The maximum atomic E-state index is 13.5. The molecule has 162 valence electrons. The molecule has 2 fully saturated rings. The Morgan fingerprint density at radius 3 is 2.47 bits per heavy atom. The third kappa shape index (κ3) is 4.71. The van der Waals surface area contributed by atoms with Gasteiger partial charge in [-0.25, -0.2) is 4.39 Å². The minimum atomic E-state index is -0.250. The van der Waals surface area contributed by atoms with Gasteiger partial charge in [-0.05, 0) is 37.6 Å². The van der Waals surface area contributed by atoms with Crippen molar-refractivity contribution in [1.29, 1.82) is 0 Å². The first-order valence-electron chi connectivity index (χ1n) is 10.8. The lowest BCUT2D eigenvalue weighted by molar-refractivity contribution is 0.0882. The smallest absolute Gasteiger partial charge is 0.142 e. The summed E-state index contributed by atoms with van der Waals surface area (Å²) in [4.78, 5) is 7.55. The van der Waals surface area contributed by atoms with Crippen molar-refractivity contribution >= 4 is 5.69 Å². The zero-order chi connectivity index (χ0) is 20.9. The summed E-state index contributed by atoms with van der Waals surface area (Å²) in [6, 6.07) is 13.7. The van der Waals surface area contributed by atoms with Gasteiger partial charge >= 0.3 is 0 Å². The Kier molecular flexibility index (Phi) is 6.75. The standard InChI is InChI=1S/C24H32FN3O2/c1-29-23-8-4-3-7-22(23)28-14-12-27(13-15-28)21-6-5-11-26(18-21)17-19-9-10-20(25)16-24(19)30-2/h3-4,7-10,16,21H,5-6,11-15,17-18H2,1-2H3/t21-/m1/s1. The van der Waals surface area contributed by atoms with E-state index in [0.717, 1.165) is 57.1 Å². The van der Waals surface area contributed by atoms with Gasteiger partial charge in [0, 0.05) is 56.9 Å². The fourth-order valence-electron chi connectivity index (χ4n) is 4.78. The molecule has 0 aliphatic carbocycles. The molecule has 0 spiro atoms. The van der Waals surface area contributed by atoms with Gasteiger partial charge in [-0.2, -0.15) is 0 Å². The molecule has 2 aliphatic rings. The van der Waals surface area contributed by atoms with E-state index in [4.69, 9.17) is 9.47 Å². The van der Waals surface area contributed by atoms with E-state index >= 15 is 0 Å². The molecule has 0 saturated carbocycles. The second-order valence-electron chi connectivity index (χ2n) is 8.18. The van der Waals surface area contributed by atoms with Crippen molar-refractivity contribution in [2.24, 2.45) is 0 Å². The first-order chi connectivity index (χ1) is 14.7. The predicted molar refractivity (Wildman–Crippen MR) is 118 cm³/mol. The van der Waals surface area contributed by atoms with E-state index in [-0.39, 0.29) is 5.82 Å². The molecule has 6 heteroatoms. The normalized spacial score (nSPS) is 20.9. The van der Waals surface area contributed by atoms with Crippen molar-refractivity contribution in [3.63, 3.8) is 0 Å². The van der Waals surface area contributed by atoms with E-state index in [0.29, 0.717) is 11.8 Å². The summed E-state index contributed by atoms with van der Waals surface area (Å²) < 4.78 is 24.4. The summed E-state index contributed by atoms with van der Waals surface area (Å²) >= 11 is 0. The first kappa shape index (κ1) is 20.9. The van der Waals surface area contributed by atoms with Crippen LogP contribution in [0.5, 0.6) is 11.5 Å². The van der Waals surface area contributed by atoms with Gasteiger partial charge in [-0.1, -0.05) is 18.2 Å². The summed E-state index contributed by atoms with van der Waals surface area (Å²) in [6.07, 6.45) is 2.44. The fraction of sp³-hybridized carbons (Fsp3) is 0.500. The highest BCUT2D eigenvalue weighted by atomic mass is 19.1. The molecule has 0 amide bonds. The maximum absolute atomic E-state index is 13.5. The molecule has 2 aromatic carbocycles. The molecule has 0 bridgehead atoms. The number of halogens is 1. The topological polar surface area (TPSA) is 28.2 Å². The highest BCUT2D eigenvalue weighted by Crippen LogP contribution is 2.29. The summed E-state index contributed by atoms with van der Waals surface area (Å²) in [7, 11) is 3.35. The van der Waals surface area contributed by atoms with Crippen LogP contribution in [0.3, 0.4) is 0 Å². The average Bonchev–Trinajstić information content (AvgIpc) is 2.80. The van der Waals surface area contributed by atoms with Crippen molar-refractivity contribution in [2.45, 2.75) is 25.4 Å². The molecule has 5 nitrogen and oxygen atoms in total. The van der Waals surface area contributed by atoms with Crippen LogP contribution in [0.15, 0.2) is 42.5 Å². The Hall–Kier alpha value is -2.31. The monoisotopic (exact) mass is 413 g/mol. The molecule has 0 unspecified atom stereocenters. The third-order valence-corrected chi connectivity index (χ3v) is 6.38. The van der Waals surface area contributed by atoms with E-state index < -0.39 is 0 Å². The Morgan fingerprint density at radius 2 is 1.70 bits per heavy atom. The van der Waals surface area contributed by atoms with Crippen LogP contribution in [0, 0.1) is 5.82 Å². The van der Waals surface area contributed by atoms with E-state index in [1.807, 2.05) is 18.2 Å². The number of ether oxygens (including phenoxy) is 2. The SMILES string of the molecule is COc1cc(F)ccc1CN1CCC[C@@H](N2CCN(c3ccccc3OC)CC2)C1. The number of hydrogen-bond donors (Lipinski definition) is 0. The quantitative estimate of drug-likeness (QED) is 0.721. The van der Waals surface area contributed by atoms with Gasteiger partial charge in [0.2, 0.25) is 0 Å². The van der Waals surface area contributed by atoms with Crippen LogP contribution >= 0.6 is 0 Å². The molecule has 4 rings (SSSR count). The van der Waals surface area contributed by atoms with Crippen LogP contribution in [0.1, 0.15) is 18.4 Å². The van der Waals surface area contributed by atoms with Crippen molar-refractivity contribution in [1.82, 2.24) is 9.80 Å². The minimum absolute atomic E-state index is 0.250. The summed E-state index contributed by atoms with van der Waals surface area (Å²) in [5.41, 5.74) is 2.24. The Bertz CT molecular complexity index is 839. The molecule has 2 aromatic rings. The van der Waals surface area contributed by atoms with Crippen LogP contribution in [0.4, 0.5) is 10.1 Å². The number of anilines is 1. The number of piperazine rings is 1. The Labute approximate surface area is 179 Å². The van der Waals surface area contributed by atoms with E-state index in [9.17, 15) is 4.39 Å². The van der Waals surface area contributed by atoms with Gasteiger partial charge in [0.05, 0.1) is 19.9 Å². The number of rotatable bonds is 6. The van der Waals surface area contributed by atoms with E-state index in [1.54, 1.807) is 14.2 Å². The largest absolute Gasteiger partial charge is 0.496 e. The minimum Gasteiger partial charge on any atom is -0.496 e. The maximum Gasteiger partial charge on any atom is 0.142 e. The molecule has 2 aliphatic heterocycles. The average molecular weight is 414 g/mol. The van der Waals surface area contributed by atoms with Crippen molar-refractivity contribution < 1.29 is 13.9 Å². The Morgan fingerprint density at radius 1 is 0.933 bits per heavy atom. The van der Waals surface area contributed by atoms with Crippen molar-refractivity contribution in [3.05, 3.63) is 53.8 Å². The number of nitrogens with zero attached hydrogens (tertiary/aromatic N) is 3. The highest BCUT2D eigenvalue weighted by molar-refractivity contribution is 5.58. The summed E-state index contributed by atoms with van der Waals surface area (Å²) in [6.45, 7) is 7.10.